The molecule has 1 aliphatic heterocycles. The molecule has 0 atom stereocenters. The number of thiophene rings is 1. The van der Waals surface area contributed by atoms with Crippen LogP contribution in [0.25, 0.3) is 0 Å². The van der Waals surface area contributed by atoms with Crippen LogP contribution in [0, 0.1) is 0 Å². The maximum atomic E-state index is 6.12. The lowest BCUT2D eigenvalue weighted by atomic mass is 9.80. The summed E-state index contributed by atoms with van der Waals surface area (Å²) in [5.41, 5.74) is 6.31. The Kier molecular flexibility index (Phi) is 6.51. The van der Waals surface area contributed by atoms with E-state index in [2.05, 4.69) is 27.7 Å². The summed E-state index contributed by atoms with van der Waals surface area (Å²) >= 11 is 1.79. The van der Waals surface area contributed by atoms with Crippen molar-refractivity contribution in [3.05, 3.63) is 22.4 Å². The molecule has 5 nitrogen and oxygen atoms in total. The van der Waals surface area contributed by atoms with Crippen LogP contribution < -0.4 is 11.1 Å². The van der Waals surface area contributed by atoms with Gasteiger partial charge in [0.15, 0.2) is 5.96 Å². The average Bonchev–Trinajstić information content (AvgIpc) is 3.15. The Morgan fingerprint density at radius 3 is 2.79 bits per heavy atom. The number of nitrogens with zero attached hydrogens (tertiary/aromatic N) is 2. The summed E-state index contributed by atoms with van der Waals surface area (Å²) in [7, 11) is 0. The predicted octanol–water partition coefficient (Wildman–Crippen LogP) is 2.23. The highest BCUT2D eigenvalue weighted by Gasteiger charge is 2.38. The van der Waals surface area contributed by atoms with Crippen LogP contribution in [0.2, 0.25) is 0 Å². The molecule has 0 unspecified atom stereocenters. The van der Waals surface area contributed by atoms with Crippen molar-refractivity contribution >= 4 is 17.3 Å². The van der Waals surface area contributed by atoms with Crippen molar-refractivity contribution in [3.63, 3.8) is 0 Å². The fraction of sp³-hybridized carbons (Fsp3) is 0.722. The molecule has 0 amide bonds. The third-order valence-electron chi connectivity index (χ3n) is 5.27. The minimum absolute atomic E-state index is 0.197. The molecule has 3 N–H and O–H groups in total. The molecule has 1 aromatic rings. The normalized spacial score (nSPS) is 22.4. The molecule has 0 aromatic carbocycles. The summed E-state index contributed by atoms with van der Waals surface area (Å²) in [6.07, 6.45) is 7.43. The van der Waals surface area contributed by atoms with E-state index in [9.17, 15) is 0 Å². The second kappa shape index (κ2) is 8.83. The van der Waals surface area contributed by atoms with E-state index in [0.717, 1.165) is 45.8 Å². The van der Waals surface area contributed by atoms with Crippen LogP contribution in [0.3, 0.4) is 0 Å². The lowest BCUT2D eigenvalue weighted by Gasteiger charge is -2.47. The number of hydrogen-bond acceptors (Lipinski definition) is 4. The zero-order valence-electron chi connectivity index (χ0n) is 14.5. The molecule has 0 radical (unpaired) electrons. The van der Waals surface area contributed by atoms with Gasteiger partial charge in [0.2, 0.25) is 0 Å². The number of ether oxygens (including phenoxy) is 1. The van der Waals surface area contributed by atoms with Crippen molar-refractivity contribution in [1.29, 1.82) is 0 Å². The number of morpholine rings is 1. The average molecular weight is 351 g/mol. The minimum Gasteiger partial charge on any atom is -0.379 e. The molecule has 3 rings (SSSR count). The third kappa shape index (κ3) is 4.71. The van der Waals surface area contributed by atoms with E-state index in [1.807, 2.05) is 0 Å². The summed E-state index contributed by atoms with van der Waals surface area (Å²) in [6.45, 7) is 5.41. The Balaban J connectivity index is 1.53. The summed E-state index contributed by atoms with van der Waals surface area (Å²) in [5, 5.41) is 5.38. The van der Waals surface area contributed by atoms with Gasteiger partial charge in [-0.05, 0) is 30.7 Å². The fourth-order valence-corrected chi connectivity index (χ4v) is 4.59. The van der Waals surface area contributed by atoms with Crippen LogP contribution in [0.15, 0.2) is 22.5 Å². The first-order chi connectivity index (χ1) is 11.8. The summed E-state index contributed by atoms with van der Waals surface area (Å²) in [5.74, 6) is 0.588. The summed E-state index contributed by atoms with van der Waals surface area (Å²) < 4.78 is 5.54. The van der Waals surface area contributed by atoms with Crippen molar-refractivity contribution in [2.75, 3.05) is 39.4 Å². The zero-order valence-corrected chi connectivity index (χ0v) is 15.3. The van der Waals surface area contributed by atoms with Crippen molar-refractivity contribution < 1.29 is 4.74 Å². The largest absolute Gasteiger partial charge is 0.379 e. The van der Waals surface area contributed by atoms with Gasteiger partial charge in [-0.15, -0.1) is 11.3 Å². The molecule has 2 aliphatic rings. The number of aliphatic imine (C=N–C) groups is 1. The molecule has 2 fully saturated rings. The van der Waals surface area contributed by atoms with E-state index in [1.165, 1.54) is 37.0 Å². The Labute approximate surface area is 149 Å². The van der Waals surface area contributed by atoms with Crippen molar-refractivity contribution in [1.82, 2.24) is 10.2 Å². The van der Waals surface area contributed by atoms with Gasteiger partial charge >= 0.3 is 0 Å². The van der Waals surface area contributed by atoms with Gasteiger partial charge in [-0.2, -0.15) is 0 Å². The van der Waals surface area contributed by atoms with Gasteiger partial charge in [-0.1, -0.05) is 25.3 Å². The molecule has 1 aliphatic carbocycles. The second-order valence-electron chi connectivity index (χ2n) is 6.84. The highest BCUT2D eigenvalue weighted by molar-refractivity contribution is 7.09. The first kappa shape index (κ1) is 17.7. The van der Waals surface area contributed by atoms with Gasteiger partial charge in [-0.3, -0.25) is 9.89 Å². The number of nitrogens with one attached hydrogen (secondary N) is 1. The van der Waals surface area contributed by atoms with Gasteiger partial charge in [0.25, 0.3) is 0 Å². The van der Waals surface area contributed by atoms with Gasteiger partial charge in [-0.25, -0.2) is 0 Å². The summed E-state index contributed by atoms with van der Waals surface area (Å²) in [6, 6.07) is 4.25. The second-order valence-corrected chi connectivity index (χ2v) is 7.87. The van der Waals surface area contributed by atoms with Crippen LogP contribution in [0.4, 0.5) is 0 Å². The number of rotatable bonds is 6. The first-order valence-corrected chi connectivity index (χ1v) is 10.1. The molecule has 2 heterocycles. The van der Waals surface area contributed by atoms with Crippen LogP contribution in [0.5, 0.6) is 0 Å². The monoisotopic (exact) mass is 350 g/mol. The van der Waals surface area contributed by atoms with Gasteiger partial charge < -0.3 is 15.8 Å². The van der Waals surface area contributed by atoms with Gasteiger partial charge in [0.1, 0.15) is 0 Å². The molecule has 0 bridgehead atoms. The number of guanidine groups is 1. The molecular weight excluding hydrogens is 320 g/mol. The first-order valence-electron chi connectivity index (χ1n) is 9.17. The molecule has 24 heavy (non-hydrogen) atoms. The van der Waals surface area contributed by atoms with E-state index in [1.54, 1.807) is 11.3 Å². The minimum atomic E-state index is 0.197. The van der Waals surface area contributed by atoms with Crippen LogP contribution >= 0.6 is 11.3 Å². The Morgan fingerprint density at radius 1 is 1.29 bits per heavy atom. The van der Waals surface area contributed by atoms with Crippen LogP contribution in [-0.4, -0.2) is 55.8 Å². The van der Waals surface area contributed by atoms with E-state index < -0.39 is 0 Å². The van der Waals surface area contributed by atoms with Gasteiger partial charge in [0.05, 0.1) is 19.8 Å². The summed E-state index contributed by atoms with van der Waals surface area (Å²) in [4.78, 5) is 8.71. The highest BCUT2D eigenvalue weighted by Crippen LogP contribution is 2.34. The quantitative estimate of drug-likeness (QED) is 0.610. The van der Waals surface area contributed by atoms with Crippen molar-refractivity contribution in [3.8, 4) is 0 Å². The van der Waals surface area contributed by atoms with Crippen molar-refractivity contribution in [2.45, 2.75) is 44.1 Å². The molecular formula is C18H30N4OS. The van der Waals surface area contributed by atoms with Crippen LogP contribution in [0.1, 0.15) is 37.0 Å². The van der Waals surface area contributed by atoms with E-state index in [4.69, 9.17) is 15.5 Å². The Hall–Kier alpha value is -1.11. The Bertz CT molecular complexity index is 505. The lowest BCUT2D eigenvalue weighted by Crippen LogP contribution is -2.56. The SMILES string of the molecule is NC(=NCC1(N2CCOCC2)CCCCC1)NCCc1cccs1. The smallest absolute Gasteiger partial charge is 0.188 e. The fourth-order valence-electron chi connectivity index (χ4n) is 3.88. The maximum absolute atomic E-state index is 6.12. The van der Waals surface area contributed by atoms with E-state index >= 15 is 0 Å². The van der Waals surface area contributed by atoms with E-state index in [0.29, 0.717) is 5.96 Å². The molecule has 1 saturated heterocycles. The maximum Gasteiger partial charge on any atom is 0.188 e. The predicted molar refractivity (Wildman–Crippen MR) is 101 cm³/mol. The zero-order chi connectivity index (χ0) is 16.7. The number of nitrogens with two attached hydrogens (primary N) is 1. The third-order valence-corrected chi connectivity index (χ3v) is 6.20. The molecule has 1 aromatic heterocycles. The Morgan fingerprint density at radius 2 is 2.08 bits per heavy atom. The molecule has 134 valence electrons. The van der Waals surface area contributed by atoms with E-state index in [-0.39, 0.29) is 5.54 Å². The van der Waals surface area contributed by atoms with Crippen molar-refractivity contribution in [2.24, 2.45) is 10.7 Å². The van der Waals surface area contributed by atoms with Gasteiger partial charge in [0, 0.05) is 30.1 Å². The topological polar surface area (TPSA) is 62.9 Å². The van der Waals surface area contributed by atoms with Crippen LogP contribution in [-0.2, 0) is 11.2 Å². The molecule has 1 saturated carbocycles. The lowest BCUT2D eigenvalue weighted by molar-refractivity contribution is -0.0333. The molecule has 6 heteroatoms. The number of hydrogen-bond donors (Lipinski definition) is 2. The molecule has 0 spiro atoms. The highest BCUT2D eigenvalue weighted by atomic mass is 32.1. The standard InChI is InChI=1S/C18H30N4OS/c19-17(20-9-6-16-5-4-14-24-16)21-15-18(7-2-1-3-8-18)22-10-12-23-13-11-22/h4-5,14H,1-3,6-13,15H2,(H3,19,20,21).